The number of halogens is 3. The standard InChI is InChI=1S/C18H16Cl3NO5/c1-10(23)27-16-4-3-11(7-12(16)18(24)25-2)22-5-6-26-17-9-14(20)13(19)8-15(17)21/h3-4,7-9,22H,5-6H2,1-2H3. The summed E-state index contributed by atoms with van der Waals surface area (Å²) < 4.78 is 15.3. The Morgan fingerprint density at radius 3 is 2.37 bits per heavy atom. The van der Waals surface area contributed by atoms with Gasteiger partial charge in [-0.05, 0) is 24.3 Å². The van der Waals surface area contributed by atoms with Crippen molar-refractivity contribution in [3.05, 3.63) is 51.0 Å². The number of methoxy groups -OCH3 is 1. The average Bonchev–Trinajstić information content (AvgIpc) is 2.62. The van der Waals surface area contributed by atoms with E-state index in [9.17, 15) is 9.59 Å². The van der Waals surface area contributed by atoms with E-state index in [1.165, 1.54) is 38.3 Å². The number of nitrogens with one attached hydrogen (secondary N) is 1. The van der Waals surface area contributed by atoms with Gasteiger partial charge in [-0.15, -0.1) is 0 Å². The second kappa shape index (κ2) is 9.69. The zero-order valence-electron chi connectivity index (χ0n) is 14.5. The molecule has 2 aromatic carbocycles. The van der Waals surface area contributed by atoms with E-state index >= 15 is 0 Å². The van der Waals surface area contributed by atoms with Crippen LogP contribution >= 0.6 is 34.8 Å². The highest BCUT2D eigenvalue weighted by molar-refractivity contribution is 6.43. The summed E-state index contributed by atoms with van der Waals surface area (Å²) in [6.45, 7) is 1.93. The minimum atomic E-state index is -0.617. The molecule has 1 N–H and O–H groups in total. The summed E-state index contributed by atoms with van der Waals surface area (Å²) in [5.74, 6) is -0.617. The largest absolute Gasteiger partial charge is 0.490 e. The first-order valence-corrected chi connectivity index (χ1v) is 8.87. The quantitative estimate of drug-likeness (QED) is 0.292. The predicted molar refractivity (Wildman–Crippen MR) is 105 cm³/mol. The van der Waals surface area contributed by atoms with Crippen LogP contribution in [-0.2, 0) is 9.53 Å². The van der Waals surface area contributed by atoms with Crippen LogP contribution < -0.4 is 14.8 Å². The third-order valence-corrected chi connectivity index (χ3v) is 4.32. The Bertz CT molecular complexity index is 857. The number of ether oxygens (including phenoxy) is 3. The number of rotatable bonds is 7. The van der Waals surface area contributed by atoms with Crippen LogP contribution in [0, 0.1) is 0 Å². The first kappa shape index (κ1) is 21.2. The molecule has 0 heterocycles. The molecule has 27 heavy (non-hydrogen) atoms. The van der Waals surface area contributed by atoms with Crippen molar-refractivity contribution in [2.75, 3.05) is 25.6 Å². The van der Waals surface area contributed by atoms with Gasteiger partial charge >= 0.3 is 11.9 Å². The molecule has 0 amide bonds. The molecular weight excluding hydrogens is 417 g/mol. The first-order chi connectivity index (χ1) is 12.8. The normalized spacial score (nSPS) is 10.3. The van der Waals surface area contributed by atoms with Crippen molar-refractivity contribution < 1.29 is 23.8 Å². The maximum Gasteiger partial charge on any atom is 0.341 e. The molecule has 0 radical (unpaired) electrons. The molecule has 2 aromatic rings. The SMILES string of the molecule is COC(=O)c1cc(NCCOc2cc(Cl)c(Cl)cc2Cl)ccc1OC(C)=O. The van der Waals surface area contributed by atoms with Crippen molar-refractivity contribution in [2.24, 2.45) is 0 Å². The summed E-state index contributed by atoms with van der Waals surface area (Å²) in [6, 6.07) is 7.74. The summed E-state index contributed by atoms with van der Waals surface area (Å²) >= 11 is 17.9. The van der Waals surface area contributed by atoms with Gasteiger partial charge < -0.3 is 19.5 Å². The lowest BCUT2D eigenvalue weighted by Crippen LogP contribution is -2.13. The molecule has 0 aliphatic carbocycles. The second-order valence-corrected chi connectivity index (χ2v) is 6.49. The Labute approximate surface area is 171 Å². The average molecular weight is 433 g/mol. The van der Waals surface area contributed by atoms with Gasteiger partial charge in [-0.1, -0.05) is 34.8 Å². The fourth-order valence-corrected chi connectivity index (χ4v) is 2.72. The predicted octanol–water partition coefficient (Wildman–Crippen LogP) is 4.85. The minimum absolute atomic E-state index is 0.124. The fraction of sp³-hybridized carbons (Fsp3) is 0.222. The minimum Gasteiger partial charge on any atom is -0.490 e. The number of carbonyl (C=O) groups excluding carboxylic acids is 2. The number of esters is 2. The van der Waals surface area contributed by atoms with E-state index in [0.29, 0.717) is 33.0 Å². The Balaban J connectivity index is 2.00. The lowest BCUT2D eigenvalue weighted by molar-refractivity contribution is -0.131. The summed E-state index contributed by atoms with van der Waals surface area (Å²) in [4.78, 5) is 23.0. The second-order valence-electron chi connectivity index (χ2n) is 5.27. The molecule has 0 bridgehead atoms. The van der Waals surface area contributed by atoms with Gasteiger partial charge in [0.05, 0.1) is 22.2 Å². The van der Waals surface area contributed by atoms with Crippen LogP contribution in [0.25, 0.3) is 0 Å². The number of anilines is 1. The van der Waals surface area contributed by atoms with E-state index < -0.39 is 11.9 Å². The molecule has 0 unspecified atom stereocenters. The summed E-state index contributed by atoms with van der Waals surface area (Å²) in [6.07, 6.45) is 0. The molecule has 144 valence electrons. The van der Waals surface area contributed by atoms with Crippen molar-refractivity contribution in [3.8, 4) is 11.5 Å². The highest BCUT2D eigenvalue weighted by atomic mass is 35.5. The molecule has 0 fully saturated rings. The van der Waals surface area contributed by atoms with Crippen molar-refractivity contribution in [1.29, 1.82) is 0 Å². The Morgan fingerprint density at radius 2 is 1.70 bits per heavy atom. The van der Waals surface area contributed by atoms with Gasteiger partial charge in [-0.2, -0.15) is 0 Å². The fourth-order valence-electron chi connectivity index (χ4n) is 2.12. The zero-order chi connectivity index (χ0) is 20.0. The molecular formula is C18H16Cl3NO5. The molecule has 0 aliphatic heterocycles. The van der Waals surface area contributed by atoms with Gasteiger partial charge in [0.2, 0.25) is 0 Å². The van der Waals surface area contributed by atoms with Crippen LogP contribution in [0.1, 0.15) is 17.3 Å². The zero-order valence-corrected chi connectivity index (χ0v) is 16.7. The van der Waals surface area contributed by atoms with Gasteiger partial charge in [0.1, 0.15) is 23.7 Å². The number of hydrogen-bond acceptors (Lipinski definition) is 6. The highest BCUT2D eigenvalue weighted by Gasteiger charge is 2.15. The van der Waals surface area contributed by atoms with Gasteiger partial charge in [0, 0.05) is 25.2 Å². The van der Waals surface area contributed by atoms with Gasteiger partial charge in [0.25, 0.3) is 0 Å². The molecule has 9 heteroatoms. The van der Waals surface area contributed by atoms with E-state index in [1.807, 2.05) is 0 Å². The van der Waals surface area contributed by atoms with Crippen LogP contribution in [0.3, 0.4) is 0 Å². The third-order valence-electron chi connectivity index (χ3n) is 3.30. The van der Waals surface area contributed by atoms with Crippen LogP contribution in [-0.4, -0.2) is 32.2 Å². The number of benzene rings is 2. The number of carbonyl (C=O) groups is 2. The Kier molecular flexibility index (Phi) is 7.59. The molecule has 0 aliphatic rings. The topological polar surface area (TPSA) is 73.9 Å². The van der Waals surface area contributed by atoms with E-state index in [4.69, 9.17) is 49.0 Å². The molecule has 0 saturated carbocycles. The summed E-state index contributed by atoms with van der Waals surface area (Å²) in [5, 5.41) is 4.12. The maximum atomic E-state index is 11.9. The Hall–Kier alpha value is -2.15. The monoisotopic (exact) mass is 431 g/mol. The van der Waals surface area contributed by atoms with E-state index in [0.717, 1.165) is 0 Å². The van der Waals surface area contributed by atoms with Crippen LogP contribution in [0.15, 0.2) is 30.3 Å². The van der Waals surface area contributed by atoms with Crippen molar-refractivity contribution in [2.45, 2.75) is 6.92 Å². The molecule has 6 nitrogen and oxygen atoms in total. The van der Waals surface area contributed by atoms with Crippen LogP contribution in [0.4, 0.5) is 5.69 Å². The summed E-state index contributed by atoms with van der Waals surface area (Å²) in [5.41, 5.74) is 0.751. The maximum absolute atomic E-state index is 11.9. The van der Waals surface area contributed by atoms with Gasteiger partial charge in [-0.3, -0.25) is 4.79 Å². The van der Waals surface area contributed by atoms with Crippen molar-refractivity contribution >= 4 is 52.4 Å². The Morgan fingerprint density at radius 1 is 1.00 bits per heavy atom. The molecule has 0 spiro atoms. The molecule has 2 rings (SSSR count). The third kappa shape index (κ3) is 5.92. The lowest BCUT2D eigenvalue weighted by Gasteiger charge is -2.13. The van der Waals surface area contributed by atoms with Crippen LogP contribution in [0.2, 0.25) is 15.1 Å². The smallest absolute Gasteiger partial charge is 0.341 e. The lowest BCUT2D eigenvalue weighted by atomic mass is 10.1. The highest BCUT2D eigenvalue weighted by Crippen LogP contribution is 2.33. The summed E-state index contributed by atoms with van der Waals surface area (Å²) in [7, 11) is 1.24. The van der Waals surface area contributed by atoms with Crippen LogP contribution in [0.5, 0.6) is 11.5 Å². The van der Waals surface area contributed by atoms with Crippen molar-refractivity contribution in [1.82, 2.24) is 0 Å². The van der Waals surface area contributed by atoms with E-state index in [1.54, 1.807) is 6.07 Å². The van der Waals surface area contributed by atoms with Gasteiger partial charge in [-0.25, -0.2) is 4.79 Å². The van der Waals surface area contributed by atoms with E-state index in [2.05, 4.69) is 5.32 Å². The number of hydrogen-bond donors (Lipinski definition) is 1. The molecule has 0 atom stereocenters. The van der Waals surface area contributed by atoms with E-state index in [-0.39, 0.29) is 17.9 Å². The molecule has 0 saturated heterocycles. The van der Waals surface area contributed by atoms with Gasteiger partial charge in [0.15, 0.2) is 0 Å². The molecule has 0 aromatic heterocycles. The first-order valence-electron chi connectivity index (χ1n) is 7.73. The van der Waals surface area contributed by atoms with Crippen molar-refractivity contribution in [3.63, 3.8) is 0 Å².